The van der Waals surface area contributed by atoms with Crippen molar-refractivity contribution >= 4 is 5.91 Å². The number of morpholine rings is 1. The molecular formula is C16H31N3O2. The van der Waals surface area contributed by atoms with Gasteiger partial charge in [-0.05, 0) is 39.2 Å². The van der Waals surface area contributed by atoms with Gasteiger partial charge in [0.05, 0.1) is 18.8 Å². The Morgan fingerprint density at radius 1 is 1.38 bits per heavy atom. The molecule has 2 N–H and O–H groups in total. The first kappa shape index (κ1) is 16.7. The molecule has 2 saturated heterocycles. The summed E-state index contributed by atoms with van der Waals surface area (Å²) in [4.78, 5) is 14.6. The van der Waals surface area contributed by atoms with Crippen LogP contribution in [-0.4, -0.2) is 61.3 Å². The number of nitrogens with zero attached hydrogens (tertiary/aromatic N) is 1. The average Bonchev–Trinajstić information content (AvgIpc) is 2.97. The van der Waals surface area contributed by atoms with Crippen LogP contribution in [0.1, 0.15) is 46.5 Å². The Morgan fingerprint density at radius 3 is 2.86 bits per heavy atom. The number of hydrogen-bond donors (Lipinski definition) is 2. The first-order valence-electron chi connectivity index (χ1n) is 8.53. The van der Waals surface area contributed by atoms with Crippen LogP contribution < -0.4 is 10.6 Å². The number of carbonyl (C=O) groups is 1. The smallest absolute Gasteiger partial charge is 0.237 e. The van der Waals surface area contributed by atoms with Crippen LogP contribution in [-0.2, 0) is 9.53 Å². The lowest BCUT2D eigenvalue weighted by Gasteiger charge is -2.35. The highest BCUT2D eigenvalue weighted by atomic mass is 16.5. The molecule has 2 heterocycles. The summed E-state index contributed by atoms with van der Waals surface area (Å²) in [7, 11) is 0. The predicted octanol–water partition coefficient (Wildman–Crippen LogP) is 1.13. The number of ether oxygens (including phenoxy) is 1. The van der Waals surface area contributed by atoms with Gasteiger partial charge in [-0.3, -0.25) is 9.69 Å². The molecule has 5 heteroatoms. The summed E-state index contributed by atoms with van der Waals surface area (Å²) < 4.78 is 5.91. The minimum absolute atomic E-state index is 0.0959. The van der Waals surface area contributed by atoms with E-state index in [1.807, 2.05) is 6.92 Å². The molecule has 3 unspecified atom stereocenters. The molecule has 5 nitrogen and oxygen atoms in total. The van der Waals surface area contributed by atoms with Gasteiger partial charge in [0.15, 0.2) is 0 Å². The van der Waals surface area contributed by atoms with E-state index in [1.165, 1.54) is 19.4 Å². The van der Waals surface area contributed by atoms with Gasteiger partial charge >= 0.3 is 0 Å². The third kappa shape index (κ3) is 4.66. The number of hydrogen-bond acceptors (Lipinski definition) is 4. The molecule has 0 spiro atoms. The molecule has 0 bridgehead atoms. The Kier molecular flexibility index (Phi) is 6.45. The number of nitrogens with one attached hydrogen (secondary N) is 2. The number of fused-ring (bicyclic) bond motifs is 1. The maximum absolute atomic E-state index is 12.1. The van der Waals surface area contributed by atoms with Crippen molar-refractivity contribution in [1.29, 1.82) is 0 Å². The maximum Gasteiger partial charge on any atom is 0.237 e. The van der Waals surface area contributed by atoms with Gasteiger partial charge in [0.2, 0.25) is 5.91 Å². The van der Waals surface area contributed by atoms with E-state index in [1.54, 1.807) is 0 Å². The van der Waals surface area contributed by atoms with Crippen molar-refractivity contribution in [3.63, 3.8) is 0 Å². The van der Waals surface area contributed by atoms with Crippen LogP contribution in [0.5, 0.6) is 0 Å². The molecule has 122 valence electrons. The van der Waals surface area contributed by atoms with E-state index in [0.29, 0.717) is 6.04 Å². The fraction of sp³-hybridized carbons (Fsp3) is 0.938. The van der Waals surface area contributed by atoms with Crippen molar-refractivity contribution in [3.8, 4) is 0 Å². The Morgan fingerprint density at radius 2 is 2.14 bits per heavy atom. The fourth-order valence-electron chi connectivity index (χ4n) is 3.23. The summed E-state index contributed by atoms with van der Waals surface area (Å²) in [6, 6.07) is 0.764. The fourth-order valence-corrected chi connectivity index (χ4v) is 3.23. The van der Waals surface area contributed by atoms with E-state index >= 15 is 0 Å². The van der Waals surface area contributed by atoms with E-state index < -0.39 is 0 Å². The summed E-state index contributed by atoms with van der Waals surface area (Å²) >= 11 is 0. The van der Waals surface area contributed by atoms with Crippen molar-refractivity contribution in [1.82, 2.24) is 15.5 Å². The quantitative estimate of drug-likeness (QED) is 0.740. The molecule has 21 heavy (non-hydrogen) atoms. The van der Waals surface area contributed by atoms with Crippen molar-refractivity contribution in [2.45, 2.75) is 70.7 Å². The van der Waals surface area contributed by atoms with E-state index in [0.717, 1.165) is 32.5 Å². The second-order valence-corrected chi connectivity index (χ2v) is 6.40. The van der Waals surface area contributed by atoms with E-state index in [4.69, 9.17) is 4.74 Å². The van der Waals surface area contributed by atoms with Crippen LogP contribution in [0.2, 0.25) is 0 Å². The first-order valence-corrected chi connectivity index (χ1v) is 8.53. The third-order valence-corrected chi connectivity index (χ3v) is 4.84. The van der Waals surface area contributed by atoms with Crippen molar-refractivity contribution in [2.24, 2.45) is 0 Å². The zero-order valence-electron chi connectivity index (χ0n) is 13.7. The second kappa shape index (κ2) is 8.11. The van der Waals surface area contributed by atoms with E-state index in [-0.39, 0.29) is 24.1 Å². The summed E-state index contributed by atoms with van der Waals surface area (Å²) in [5, 5.41) is 6.41. The lowest BCUT2D eigenvalue weighted by Crippen LogP contribution is -2.52. The molecule has 0 saturated carbocycles. The molecule has 2 aliphatic rings. The van der Waals surface area contributed by atoms with Gasteiger partial charge in [-0.25, -0.2) is 0 Å². The topological polar surface area (TPSA) is 53.6 Å². The monoisotopic (exact) mass is 297 g/mol. The minimum atomic E-state index is -0.162. The van der Waals surface area contributed by atoms with Gasteiger partial charge in [0, 0.05) is 25.2 Å². The maximum atomic E-state index is 12.1. The highest BCUT2D eigenvalue weighted by Crippen LogP contribution is 2.22. The van der Waals surface area contributed by atoms with Gasteiger partial charge in [-0.2, -0.15) is 0 Å². The molecule has 2 fully saturated rings. The summed E-state index contributed by atoms with van der Waals surface area (Å²) in [5.41, 5.74) is 0. The van der Waals surface area contributed by atoms with Crippen LogP contribution in [0.25, 0.3) is 0 Å². The van der Waals surface area contributed by atoms with Crippen molar-refractivity contribution < 1.29 is 9.53 Å². The van der Waals surface area contributed by atoms with Gasteiger partial charge in [-0.15, -0.1) is 0 Å². The van der Waals surface area contributed by atoms with E-state index in [9.17, 15) is 4.79 Å². The molecule has 0 aliphatic carbocycles. The van der Waals surface area contributed by atoms with Crippen LogP contribution in [0.4, 0.5) is 0 Å². The summed E-state index contributed by atoms with van der Waals surface area (Å²) in [6.45, 7) is 9.94. The largest absolute Gasteiger partial charge is 0.374 e. The molecule has 2 rings (SSSR count). The summed E-state index contributed by atoms with van der Waals surface area (Å²) in [5.74, 6) is 0.0959. The Hall–Kier alpha value is -0.650. The van der Waals surface area contributed by atoms with Crippen LogP contribution in [0.3, 0.4) is 0 Å². The average molecular weight is 297 g/mol. The van der Waals surface area contributed by atoms with E-state index in [2.05, 4.69) is 29.4 Å². The lowest BCUT2D eigenvalue weighted by molar-refractivity contribution is -0.123. The van der Waals surface area contributed by atoms with Gasteiger partial charge in [0.25, 0.3) is 0 Å². The molecular weight excluding hydrogens is 266 g/mol. The van der Waals surface area contributed by atoms with Gasteiger partial charge in [-0.1, -0.05) is 13.8 Å². The van der Waals surface area contributed by atoms with Crippen LogP contribution >= 0.6 is 0 Å². The van der Waals surface area contributed by atoms with Crippen LogP contribution in [0.15, 0.2) is 0 Å². The zero-order chi connectivity index (χ0) is 15.2. The highest BCUT2D eigenvalue weighted by molar-refractivity contribution is 5.81. The SMILES string of the molecule is CCC(CC)NC(=O)C(C)NCC1CN2CCCC2CO1. The minimum Gasteiger partial charge on any atom is -0.374 e. The normalized spacial score (nSPS) is 27.6. The van der Waals surface area contributed by atoms with Crippen molar-refractivity contribution in [3.05, 3.63) is 0 Å². The molecule has 0 radical (unpaired) electrons. The second-order valence-electron chi connectivity index (χ2n) is 6.40. The van der Waals surface area contributed by atoms with Gasteiger partial charge in [0.1, 0.15) is 0 Å². The Bertz CT molecular complexity index is 333. The molecule has 0 aromatic rings. The molecule has 1 amide bonds. The van der Waals surface area contributed by atoms with Gasteiger partial charge < -0.3 is 15.4 Å². The molecule has 0 aromatic heterocycles. The number of rotatable bonds is 7. The third-order valence-electron chi connectivity index (χ3n) is 4.84. The Balaban J connectivity index is 1.68. The first-order chi connectivity index (χ1) is 10.1. The molecule has 2 aliphatic heterocycles. The lowest BCUT2D eigenvalue weighted by atomic mass is 10.1. The zero-order valence-corrected chi connectivity index (χ0v) is 13.7. The van der Waals surface area contributed by atoms with Crippen molar-refractivity contribution in [2.75, 3.05) is 26.2 Å². The highest BCUT2D eigenvalue weighted by Gasteiger charge is 2.32. The number of amides is 1. The predicted molar refractivity (Wildman–Crippen MR) is 84.3 cm³/mol. The molecule has 0 aromatic carbocycles. The molecule has 3 atom stereocenters. The summed E-state index contributed by atoms with van der Waals surface area (Å²) in [6.07, 6.45) is 4.74. The Labute approximate surface area is 128 Å². The standard InChI is InChI=1S/C16H31N3O2/c1-4-13(5-2)18-16(20)12(3)17-9-15-10-19-8-6-7-14(19)11-21-15/h12-15,17H,4-11H2,1-3H3,(H,18,20). The number of carbonyl (C=O) groups excluding carboxylic acids is 1. The van der Waals surface area contributed by atoms with Crippen LogP contribution in [0, 0.1) is 0 Å².